The molecule has 7 nitrogen and oxygen atoms in total. The first kappa shape index (κ1) is 21.6. The molecule has 0 saturated carbocycles. The number of nitrogens with zero attached hydrogens (tertiary/aromatic N) is 1. The third kappa shape index (κ3) is 4.38. The molecule has 0 saturated heterocycles. The van der Waals surface area contributed by atoms with Gasteiger partial charge in [-0.2, -0.15) is 0 Å². The molecular weight excluding hydrogens is 404 g/mol. The highest BCUT2D eigenvalue weighted by atomic mass is 32.2. The zero-order valence-electron chi connectivity index (χ0n) is 17.1. The Morgan fingerprint density at radius 3 is 2.13 bits per heavy atom. The first-order valence-electron chi connectivity index (χ1n) is 9.51. The molecule has 158 valence electrons. The number of benzene rings is 2. The number of sulfonamides is 1. The van der Waals surface area contributed by atoms with E-state index in [4.69, 9.17) is 4.74 Å². The molecule has 0 bridgehead atoms. The predicted molar refractivity (Wildman–Crippen MR) is 114 cm³/mol. The van der Waals surface area contributed by atoms with Gasteiger partial charge in [-0.05, 0) is 38.5 Å². The lowest BCUT2D eigenvalue weighted by molar-refractivity contribution is -0.134. The number of rotatable bonds is 6. The number of ether oxygens (including phenoxy) is 1. The number of carbonyl (C=O) groups is 2. The molecule has 1 N–H and O–H groups in total. The van der Waals surface area contributed by atoms with Gasteiger partial charge in [0.15, 0.2) is 0 Å². The maximum atomic E-state index is 13.2. The second-order valence-electron chi connectivity index (χ2n) is 7.78. The van der Waals surface area contributed by atoms with Crippen molar-refractivity contribution in [3.63, 3.8) is 0 Å². The first-order valence-corrected chi connectivity index (χ1v) is 11.0. The third-order valence-electron chi connectivity index (χ3n) is 4.37. The molecule has 1 aliphatic rings. The lowest BCUT2D eigenvalue weighted by Crippen LogP contribution is -2.46. The zero-order chi connectivity index (χ0) is 21.9. The maximum Gasteiger partial charge on any atom is 0.312 e. The monoisotopic (exact) mass is 428 g/mol. The van der Waals surface area contributed by atoms with Gasteiger partial charge in [-0.1, -0.05) is 48.5 Å². The molecule has 1 heterocycles. The molecular formula is C22H24N2O5S. The van der Waals surface area contributed by atoms with Crippen LogP contribution in [0.1, 0.15) is 32.8 Å². The van der Waals surface area contributed by atoms with Gasteiger partial charge in [0.2, 0.25) is 0 Å². The van der Waals surface area contributed by atoms with E-state index < -0.39 is 27.4 Å². The fraction of sp³-hybridized carbons (Fsp3) is 0.273. The molecule has 3 rings (SSSR count). The summed E-state index contributed by atoms with van der Waals surface area (Å²) in [6, 6.07) is 17.1. The SMILES string of the molecule is CC(C)(C)N1C(=O)C(NCCC(=O)Oc2ccccc2)=C(c2ccccc2)S1(=O)=O. The van der Waals surface area contributed by atoms with Gasteiger partial charge in [0.05, 0.1) is 12.0 Å². The Balaban J connectivity index is 1.84. The lowest BCUT2D eigenvalue weighted by Gasteiger charge is -2.30. The minimum absolute atomic E-state index is 0.0383. The van der Waals surface area contributed by atoms with E-state index in [1.54, 1.807) is 75.4 Å². The summed E-state index contributed by atoms with van der Waals surface area (Å²) >= 11 is 0. The average molecular weight is 429 g/mol. The minimum atomic E-state index is -4.05. The molecule has 30 heavy (non-hydrogen) atoms. The van der Waals surface area contributed by atoms with Crippen LogP contribution in [0.2, 0.25) is 0 Å². The summed E-state index contributed by atoms with van der Waals surface area (Å²) in [4.78, 5) is 25.0. The van der Waals surface area contributed by atoms with Crippen molar-refractivity contribution >= 4 is 26.8 Å². The van der Waals surface area contributed by atoms with Crippen LogP contribution in [0.4, 0.5) is 0 Å². The van der Waals surface area contributed by atoms with Gasteiger partial charge < -0.3 is 10.1 Å². The van der Waals surface area contributed by atoms with Crippen molar-refractivity contribution in [3.05, 3.63) is 71.9 Å². The van der Waals surface area contributed by atoms with Gasteiger partial charge in [0.1, 0.15) is 16.4 Å². The van der Waals surface area contributed by atoms with Crippen LogP contribution in [0.5, 0.6) is 5.75 Å². The molecule has 1 amide bonds. The van der Waals surface area contributed by atoms with E-state index in [0.717, 1.165) is 4.31 Å². The van der Waals surface area contributed by atoms with Gasteiger partial charge in [-0.3, -0.25) is 9.59 Å². The number of carbonyl (C=O) groups excluding carboxylic acids is 2. The summed E-state index contributed by atoms with van der Waals surface area (Å²) in [5.41, 5.74) is -0.568. The lowest BCUT2D eigenvalue weighted by atomic mass is 10.1. The van der Waals surface area contributed by atoms with Crippen LogP contribution in [0, 0.1) is 0 Å². The molecule has 1 aliphatic heterocycles. The van der Waals surface area contributed by atoms with Crippen LogP contribution >= 0.6 is 0 Å². The fourth-order valence-corrected chi connectivity index (χ4v) is 5.26. The summed E-state index contributed by atoms with van der Waals surface area (Å²) in [5, 5.41) is 2.86. The number of hydrogen-bond acceptors (Lipinski definition) is 6. The summed E-state index contributed by atoms with van der Waals surface area (Å²) < 4.78 is 32.5. The van der Waals surface area contributed by atoms with Crippen LogP contribution < -0.4 is 10.1 Å². The first-order chi connectivity index (χ1) is 14.1. The van der Waals surface area contributed by atoms with E-state index in [1.807, 2.05) is 6.07 Å². The summed E-state index contributed by atoms with van der Waals surface area (Å²) in [6.07, 6.45) is -0.0384. The van der Waals surface area contributed by atoms with Crippen LogP contribution in [-0.4, -0.2) is 36.7 Å². The summed E-state index contributed by atoms with van der Waals surface area (Å²) in [6.45, 7) is 5.03. The van der Waals surface area contributed by atoms with Crippen molar-refractivity contribution in [1.29, 1.82) is 0 Å². The number of amides is 1. The van der Waals surface area contributed by atoms with Gasteiger partial charge in [0.25, 0.3) is 15.9 Å². The average Bonchev–Trinajstić information content (AvgIpc) is 2.88. The Labute approximate surface area is 176 Å². The predicted octanol–water partition coefficient (Wildman–Crippen LogP) is 2.91. The highest BCUT2D eigenvalue weighted by Crippen LogP contribution is 2.38. The third-order valence-corrected chi connectivity index (χ3v) is 6.52. The second kappa shape index (κ2) is 8.31. The highest BCUT2D eigenvalue weighted by Gasteiger charge is 2.49. The van der Waals surface area contributed by atoms with Crippen molar-refractivity contribution in [2.75, 3.05) is 6.54 Å². The van der Waals surface area contributed by atoms with Crippen LogP contribution in [0.15, 0.2) is 66.4 Å². The van der Waals surface area contributed by atoms with E-state index in [2.05, 4.69) is 5.32 Å². The molecule has 0 atom stereocenters. The topological polar surface area (TPSA) is 92.8 Å². The van der Waals surface area contributed by atoms with Crippen LogP contribution in [-0.2, 0) is 19.6 Å². The van der Waals surface area contributed by atoms with Crippen molar-refractivity contribution in [3.8, 4) is 5.75 Å². The van der Waals surface area contributed by atoms with Gasteiger partial charge in [-0.25, -0.2) is 12.7 Å². The molecule has 0 unspecified atom stereocenters. The number of para-hydroxylation sites is 1. The molecule has 2 aromatic carbocycles. The van der Waals surface area contributed by atoms with Crippen molar-refractivity contribution < 1.29 is 22.7 Å². The van der Waals surface area contributed by atoms with E-state index >= 15 is 0 Å². The Kier molecular flexibility index (Phi) is 5.98. The molecule has 0 radical (unpaired) electrons. The molecule has 0 fully saturated rings. The second-order valence-corrected chi connectivity index (χ2v) is 9.50. The van der Waals surface area contributed by atoms with Gasteiger partial charge in [0, 0.05) is 6.54 Å². The Morgan fingerprint density at radius 1 is 1.00 bits per heavy atom. The normalized spacial score (nSPS) is 16.0. The van der Waals surface area contributed by atoms with Crippen molar-refractivity contribution in [2.24, 2.45) is 0 Å². The zero-order valence-corrected chi connectivity index (χ0v) is 17.9. The largest absolute Gasteiger partial charge is 0.426 e. The van der Waals surface area contributed by atoms with Crippen molar-refractivity contribution in [1.82, 2.24) is 9.62 Å². The Morgan fingerprint density at radius 2 is 1.57 bits per heavy atom. The molecule has 2 aromatic rings. The molecule has 8 heteroatoms. The molecule has 0 aromatic heterocycles. The Bertz CT molecular complexity index is 1070. The maximum absolute atomic E-state index is 13.2. The van der Waals surface area contributed by atoms with E-state index in [-0.39, 0.29) is 23.6 Å². The van der Waals surface area contributed by atoms with E-state index in [9.17, 15) is 18.0 Å². The van der Waals surface area contributed by atoms with E-state index in [1.165, 1.54) is 0 Å². The fourth-order valence-electron chi connectivity index (χ4n) is 3.19. The van der Waals surface area contributed by atoms with Gasteiger partial charge >= 0.3 is 5.97 Å². The smallest absolute Gasteiger partial charge is 0.312 e. The van der Waals surface area contributed by atoms with Crippen LogP contribution in [0.25, 0.3) is 4.91 Å². The number of nitrogens with one attached hydrogen (secondary N) is 1. The van der Waals surface area contributed by atoms with Crippen LogP contribution in [0.3, 0.4) is 0 Å². The molecule has 0 aliphatic carbocycles. The van der Waals surface area contributed by atoms with E-state index in [0.29, 0.717) is 11.3 Å². The summed E-state index contributed by atoms with van der Waals surface area (Å²) in [5.74, 6) is -0.709. The minimum Gasteiger partial charge on any atom is -0.426 e. The Hall–Kier alpha value is -3.13. The standard InChI is InChI=1S/C22H24N2O5S/c1-22(2,3)24-21(26)19(20(30(24,27)28)16-10-6-4-7-11-16)23-15-14-18(25)29-17-12-8-5-9-13-17/h4-13,23H,14-15H2,1-3H3. The quantitative estimate of drug-likeness (QED) is 0.562. The number of hydrogen-bond donors (Lipinski definition) is 1. The highest BCUT2D eigenvalue weighted by molar-refractivity contribution is 7.99. The summed E-state index contributed by atoms with van der Waals surface area (Å²) in [7, 11) is -4.05. The van der Waals surface area contributed by atoms with Crippen molar-refractivity contribution in [2.45, 2.75) is 32.7 Å². The van der Waals surface area contributed by atoms with Gasteiger partial charge in [-0.15, -0.1) is 0 Å². The molecule has 0 spiro atoms. The number of esters is 1.